The van der Waals surface area contributed by atoms with E-state index in [0.717, 1.165) is 30.5 Å². The zero-order valence-electron chi connectivity index (χ0n) is 12.2. The van der Waals surface area contributed by atoms with Gasteiger partial charge in [0.25, 0.3) is 0 Å². The fourth-order valence-electron chi connectivity index (χ4n) is 3.57. The molecule has 1 aromatic heterocycles. The van der Waals surface area contributed by atoms with Gasteiger partial charge in [0.1, 0.15) is 0 Å². The zero-order valence-corrected chi connectivity index (χ0v) is 12.2. The Labute approximate surface area is 123 Å². The Hall–Kier alpha value is -2.17. The molecule has 1 heterocycles. The van der Waals surface area contributed by atoms with Gasteiger partial charge in [-0.05, 0) is 55.9 Å². The lowest BCUT2D eigenvalue weighted by Gasteiger charge is -2.24. The van der Waals surface area contributed by atoms with Crippen LogP contribution in [0, 0.1) is 0 Å². The smallest absolute Gasteiger partial charge is 0.407 e. The second-order valence-corrected chi connectivity index (χ2v) is 5.78. The summed E-state index contributed by atoms with van der Waals surface area (Å²) in [6, 6.07) is 6.02. The summed E-state index contributed by atoms with van der Waals surface area (Å²) in [7, 11) is 0. The van der Waals surface area contributed by atoms with E-state index in [9.17, 15) is 9.90 Å². The average Bonchev–Trinajstić information content (AvgIpc) is 3.05. The first-order valence-corrected chi connectivity index (χ1v) is 7.46. The number of amides is 1. The van der Waals surface area contributed by atoms with Gasteiger partial charge in [0.2, 0.25) is 0 Å². The first-order valence-electron chi connectivity index (χ1n) is 7.46. The Kier molecular flexibility index (Phi) is 3.49. The molecule has 0 radical (unpaired) electrons. The van der Waals surface area contributed by atoms with Gasteiger partial charge in [-0.1, -0.05) is 0 Å². The van der Waals surface area contributed by atoms with E-state index in [-0.39, 0.29) is 6.04 Å². The van der Waals surface area contributed by atoms with Gasteiger partial charge in [0.15, 0.2) is 0 Å². The Balaban J connectivity index is 1.85. The van der Waals surface area contributed by atoms with Crippen LogP contribution in [0.25, 0.3) is 10.9 Å². The van der Waals surface area contributed by atoms with Crippen LogP contribution in [0.5, 0.6) is 0 Å². The second kappa shape index (κ2) is 5.31. The molecule has 5 nitrogen and oxygen atoms in total. The Morgan fingerprint density at radius 2 is 2.29 bits per heavy atom. The standard InChI is InChI=1S/C16H21N3O2/c1-2-19(16(20)21)12-5-3-10(7-12)14-9-18-15-6-4-11(17)8-13(14)15/h4,6,8-10,12,18H,2-3,5,7,17H2,1H3,(H,20,21). The molecule has 0 bridgehead atoms. The highest BCUT2D eigenvalue weighted by Gasteiger charge is 2.32. The summed E-state index contributed by atoms with van der Waals surface area (Å²) in [5, 5.41) is 10.4. The minimum Gasteiger partial charge on any atom is -0.465 e. The zero-order chi connectivity index (χ0) is 15.0. The van der Waals surface area contributed by atoms with Crippen molar-refractivity contribution in [3.8, 4) is 0 Å². The van der Waals surface area contributed by atoms with E-state index in [1.807, 2.05) is 31.3 Å². The van der Waals surface area contributed by atoms with Crippen LogP contribution in [0.4, 0.5) is 10.5 Å². The third-order valence-electron chi connectivity index (χ3n) is 4.61. The molecule has 1 saturated carbocycles. The van der Waals surface area contributed by atoms with Gasteiger partial charge in [-0.15, -0.1) is 0 Å². The van der Waals surface area contributed by atoms with Gasteiger partial charge in [0, 0.05) is 35.4 Å². The predicted octanol–water partition coefficient (Wildman–Crippen LogP) is 3.39. The van der Waals surface area contributed by atoms with E-state index >= 15 is 0 Å². The third-order valence-corrected chi connectivity index (χ3v) is 4.61. The number of carbonyl (C=O) groups is 1. The minimum absolute atomic E-state index is 0.128. The molecule has 5 heteroatoms. The van der Waals surface area contributed by atoms with E-state index in [2.05, 4.69) is 4.98 Å². The molecule has 1 aromatic carbocycles. The highest BCUT2D eigenvalue weighted by molar-refractivity contribution is 5.86. The summed E-state index contributed by atoms with van der Waals surface area (Å²) >= 11 is 0. The second-order valence-electron chi connectivity index (χ2n) is 5.78. The average molecular weight is 287 g/mol. The normalized spacial score (nSPS) is 21.8. The summed E-state index contributed by atoms with van der Waals surface area (Å²) in [5.41, 5.74) is 9.01. The van der Waals surface area contributed by atoms with Crippen LogP contribution in [0.15, 0.2) is 24.4 Å². The molecule has 0 saturated heterocycles. The number of aromatic nitrogens is 1. The van der Waals surface area contributed by atoms with Crippen molar-refractivity contribution in [3.63, 3.8) is 0 Å². The summed E-state index contributed by atoms with van der Waals surface area (Å²) in [6.07, 6.45) is 4.08. The lowest BCUT2D eigenvalue weighted by atomic mass is 9.96. The molecule has 2 unspecified atom stereocenters. The fourth-order valence-corrected chi connectivity index (χ4v) is 3.57. The van der Waals surface area contributed by atoms with E-state index < -0.39 is 6.09 Å². The monoisotopic (exact) mass is 287 g/mol. The van der Waals surface area contributed by atoms with Gasteiger partial charge < -0.3 is 20.7 Å². The van der Waals surface area contributed by atoms with Gasteiger partial charge in [-0.2, -0.15) is 0 Å². The largest absolute Gasteiger partial charge is 0.465 e. The number of H-pyrrole nitrogens is 1. The number of hydrogen-bond donors (Lipinski definition) is 3. The van der Waals surface area contributed by atoms with E-state index in [1.54, 1.807) is 4.90 Å². The van der Waals surface area contributed by atoms with Gasteiger partial charge >= 0.3 is 6.09 Å². The highest BCUT2D eigenvalue weighted by atomic mass is 16.4. The molecule has 0 spiro atoms. The molecular weight excluding hydrogens is 266 g/mol. The summed E-state index contributed by atoms with van der Waals surface area (Å²) in [6.45, 7) is 2.45. The van der Waals surface area contributed by atoms with Gasteiger partial charge in [-0.3, -0.25) is 0 Å². The van der Waals surface area contributed by atoms with Crippen molar-refractivity contribution in [2.75, 3.05) is 12.3 Å². The Morgan fingerprint density at radius 3 is 3.00 bits per heavy atom. The van der Waals surface area contributed by atoms with Crippen LogP contribution in [-0.4, -0.2) is 33.7 Å². The number of anilines is 1. The summed E-state index contributed by atoms with van der Waals surface area (Å²) in [5.74, 6) is 0.402. The van der Waals surface area contributed by atoms with Crippen molar-refractivity contribution in [1.82, 2.24) is 9.88 Å². The summed E-state index contributed by atoms with van der Waals surface area (Å²) < 4.78 is 0. The van der Waals surface area contributed by atoms with Crippen molar-refractivity contribution in [3.05, 3.63) is 30.0 Å². The van der Waals surface area contributed by atoms with Gasteiger partial charge in [0.05, 0.1) is 0 Å². The molecule has 3 rings (SSSR count). The maximum atomic E-state index is 11.3. The molecule has 4 N–H and O–H groups in total. The Bertz CT molecular complexity index is 665. The number of rotatable bonds is 3. The third kappa shape index (κ3) is 2.44. The molecule has 2 aromatic rings. The van der Waals surface area contributed by atoms with Crippen molar-refractivity contribution in [2.45, 2.75) is 38.1 Å². The number of nitrogens with one attached hydrogen (secondary N) is 1. The maximum Gasteiger partial charge on any atom is 0.407 e. The first kappa shape index (κ1) is 13.8. The lowest BCUT2D eigenvalue weighted by Crippen LogP contribution is -2.37. The molecule has 1 fully saturated rings. The van der Waals surface area contributed by atoms with Crippen LogP contribution < -0.4 is 5.73 Å². The van der Waals surface area contributed by atoms with Crippen LogP contribution in [0.3, 0.4) is 0 Å². The molecule has 21 heavy (non-hydrogen) atoms. The number of nitrogens with two attached hydrogens (primary N) is 1. The van der Waals surface area contributed by atoms with Crippen molar-refractivity contribution >= 4 is 22.7 Å². The first-order chi connectivity index (χ1) is 10.1. The van der Waals surface area contributed by atoms with Crippen molar-refractivity contribution in [1.29, 1.82) is 0 Å². The molecule has 1 aliphatic carbocycles. The predicted molar refractivity (Wildman–Crippen MR) is 83.5 cm³/mol. The number of nitrogen functional groups attached to an aromatic ring is 1. The van der Waals surface area contributed by atoms with Crippen LogP contribution in [-0.2, 0) is 0 Å². The van der Waals surface area contributed by atoms with Gasteiger partial charge in [-0.25, -0.2) is 4.79 Å². The molecular formula is C16H21N3O2. The van der Waals surface area contributed by atoms with Crippen LogP contribution in [0.2, 0.25) is 0 Å². The number of hydrogen-bond acceptors (Lipinski definition) is 2. The molecule has 1 amide bonds. The van der Waals surface area contributed by atoms with E-state index in [0.29, 0.717) is 12.5 Å². The SMILES string of the molecule is CCN(C(=O)O)C1CCC(c2c[nH]c3ccc(N)cc23)C1. The number of fused-ring (bicyclic) bond motifs is 1. The lowest BCUT2D eigenvalue weighted by molar-refractivity contribution is 0.128. The minimum atomic E-state index is -0.814. The summed E-state index contributed by atoms with van der Waals surface area (Å²) in [4.78, 5) is 16.1. The molecule has 0 aliphatic heterocycles. The highest BCUT2D eigenvalue weighted by Crippen LogP contribution is 2.40. The molecule has 2 atom stereocenters. The Morgan fingerprint density at radius 1 is 1.48 bits per heavy atom. The number of benzene rings is 1. The number of aromatic amines is 1. The quantitative estimate of drug-likeness (QED) is 0.757. The van der Waals surface area contributed by atoms with Crippen LogP contribution in [0.1, 0.15) is 37.7 Å². The molecule has 1 aliphatic rings. The van der Waals surface area contributed by atoms with Crippen molar-refractivity contribution < 1.29 is 9.90 Å². The van der Waals surface area contributed by atoms with Crippen molar-refractivity contribution in [2.24, 2.45) is 0 Å². The number of nitrogens with zero attached hydrogens (tertiary/aromatic N) is 1. The molecule has 112 valence electrons. The fraction of sp³-hybridized carbons (Fsp3) is 0.438. The van der Waals surface area contributed by atoms with E-state index in [4.69, 9.17) is 5.73 Å². The number of carboxylic acid groups (broad SMARTS) is 1. The van der Waals surface area contributed by atoms with E-state index in [1.165, 1.54) is 10.9 Å². The topological polar surface area (TPSA) is 82.4 Å². The maximum absolute atomic E-state index is 11.3. The van der Waals surface area contributed by atoms with Crippen LogP contribution >= 0.6 is 0 Å².